The van der Waals surface area contributed by atoms with Gasteiger partial charge in [-0.2, -0.15) is 0 Å². The van der Waals surface area contributed by atoms with Crippen molar-refractivity contribution in [3.8, 4) is 0 Å². The summed E-state index contributed by atoms with van der Waals surface area (Å²) in [5, 5.41) is 3.66. The largest absolute Gasteiger partial charge is 0.337 e. The fraction of sp³-hybridized carbons (Fsp3) is 0.769. The van der Waals surface area contributed by atoms with Crippen molar-refractivity contribution in [1.82, 2.24) is 14.9 Å². The third-order valence-corrected chi connectivity index (χ3v) is 3.90. The minimum Gasteiger partial charge on any atom is -0.337 e. The number of aromatic nitrogens is 2. The molecule has 1 aromatic rings. The molecule has 0 radical (unpaired) electrons. The summed E-state index contributed by atoms with van der Waals surface area (Å²) in [6.07, 6.45) is 7.93. The summed E-state index contributed by atoms with van der Waals surface area (Å²) in [6.45, 7) is 5.62. The van der Waals surface area contributed by atoms with Crippen molar-refractivity contribution >= 4 is 0 Å². The lowest BCUT2D eigenvalue weighted by atomic mass is 9.80. The molecule has 3 atom stereocenters. The highest BCUT2D eigenvalue weighted by Crippen LogP contribution is 2.28. The SMILES string of the molecule is CC1CCC(C)C(NCc2nccn2C)C1. The predicted molar refractivity (Wildman–Crippen MR) is 66.0 cm³/mol. The first-order valence-electron chi connectivity index (χ1n) is 6.36. The Morgan fingerprint density at radius 3 is 2.94 bits per heavy atom. The van der Waals surface area contributed by atoms with Gasteiger partial charge < -0.3 is 9.88 Å². The van der Waals surface area contributed by atoms with E-state index in [1.165, 1.54) is 19.3 Å². The summed E-state index contributed by atoms with van der Waals surface area (Å²) in [6, 6.07) is 0.667. The molecule has 0 bridgehead atoms. The molecule has 1 aromatic heterocycles. The highest BCUT2D eigenvalue weighted by Gasteiger charge is 2.24. The van der Waals surface area contributed by atoms with E-state index in [0.717, 1.165) is 24.2 Å². The van der Waals surface area contributed by atoms with Gasteiger partial charge >= 0.3 is 0 Å². The first kappa shape index (κ1) is 11.6. The van der Waals surface area contributed by atoms with E-state index in [1.807, 2.05) is 12.4 Å². The number of aryl methyl sites for hydroxylation is 1. The molecule has 1 aliphatic carbocycles. The highest BCUT2D eigenvalue weighted by molar-refractivity contribution is 4.92. The van der Waals surface area contributed by atoms with Crippen LogP contribution in [0.3, 0.4) is 0 Å². The van der Waals surface area contributed by atoms with Crippen molar-refractivity contribution < 1.29 is 0 Å². The second-order valence-corrected chi connectivity index (χ2v) is 5.34. The molecule has 3 unspecified atom stereocenters. The Balaban J connectivity index is 1.87. The van der Waals surface area contributed by atoms with E-state index in [0.29, 0.717) is 6.04 Å². The molecule has 2 rings (SSSR count). The van der Waals surface area contributed by atoms with Crippen LogP contribution in [0, 0.1) is 11.8 Å². The lowest BCUT2D eigenvalue weighted by Crippen LogP contribution is -2.39. The quantitative estimate of drug-likeness (QED) is 0.849. The van der Waals surface area contributed by atoms with Gasteiger partial charge in [-0.3, -0.25) is 0 Å². The van der Waals surface area contributed by atoms with Crippen molar-refractivity contribution in [2.75, 3.05) is 0 Å². The molecule has 0 aliphatic heterocycles. The summed E-state index contributed by atoms with van der Waals surface area (Å²) in [4.78, 5) is 4.34. The van der Waals surface area contributed by atoms with Crippen LogP contribution in [-0.4, -0.2) is 15.6 Å². The number of rotatable bonds is 3. The molecule has 1 saturated carbocycles. The summed E-state index contributed by atoms with van der Waals surface area (Å²) in [7, 11) is 2.05. The summed E-state index contributed by atoms with van der Waals surface area (Å²) >= 11 is 0. The standard InChI is InChI=1S/C13H23N3/c1-10-4-5-11(2)12(8-10)15-9-13-14-6-7-16(13)3/h6-7,10-12,15H,4-5,8-9H2,1-3H3. The van der Waals surface area contributed by atoms with Gasteiger partial charge in [0, 0.05) is 25.5 Å². The van der Waals surface area contributed by atoms with E-state index in [-0.39, 0.29) is 0 Å². The first-order valence-corrected chi connectivity index (χ1v) is 6.36. The van der Waals surface area contributed by atoms with Gasteiger partial charge in [0.05, 0.1) is 6.54 Å². The van der Waals surface area contributed by atoms with Crippen molar-refractivity contribution in [3.05, 3.63) is 18.2 Å². The lowest BCUT2D eigenvalue weighted by Gasteiger charge is -2.33. The second kappa shape index (κ2) is 5.00. The Morgan fingerprint density at radius 1 is 1.44 bits per heavy atom. The van der Waals surface area contributed by atoms with Crippen LogP contribution < -0.4 is 5.32 Å². The number of hydrogen-bond donors (Lipinski definition) is 1. The van der Waals surface area contributed by atoms with Gasteiger partial charge in [-0.15, -0.1) is 0 Å². The zero-order chi connectivity index (χ0) is 11.5. The normalized spacial score (nSPS) is 30.6. The third-order valence-electron chi connectivity index (χ3n) is 3.90. The van der Waals surface area contributed by atoms with E-state index >= 15 is 0 Å². The molecular weight excluding hydrogens is 198 g/mol. The molecule has 1 aliphatic rings. The summed E-state index contributed by atoms with van der Waals surface area (Å²) in [5.41, 5.74) is 0. The van der Waals surface area contributed by atoms with Gasteiger partial charge in [-0.25, -0.2) is 4.98 Å². The molecule has 0 aromatic carbocycles. The monoisotopic (exact) mass is 221 g/mol. The van der Waals surface area contributed by atoms with Gasteiger partial charge in [0.25, 0.3) is 0 Å². The molecule has 1 heterocycles. The number of nitrogens with one attached hydrogen (secondary N) is 1. The first-order chi connectivity index (χ1) is 7.66. The van der Waals surface area contributed by atoms with Crippen molar-refractivity contribution in [2.24, 2.45) is 18.9 Å². The molecule has 16 heavy (non-hydrogen) atoms. The molecule has 0 saturated heterocycles. The zero-order valence-corrected chi connectivity index (χ0v) is 10.6. The van der Waals surface area contributed by atoms with Crippen LogP contribution in [0.5, 0.6) is 0 Å². The molecule has 3 nitrogen and oxygen atoms in total. The van der Waals surface area contributed by atoms with E-state index < -0.39 is 0 Å². The highest BCUT2D eigenvalue weighted by atomic mass is 15.1. The Labute approximate surface area is 98.3 Å². The van der Waals surface area contributed by atoms with Gasteiger partial charge in [0.1, 0.15) is 5.82 Å². The maximum atomic E-state index is 4.34. The molecule has 3 heteroatoms. The number of nitrogens with zero attached hydrogens (tertiary/aromatic N) is 2. The van der Waals surface area contributed by atoms with Crippen LogP contribution in [0.25, 0.3) is 0 Å². The summed E-state index contributed by atoms with van der Waals surface area (Å²) < 4.78 is 2.09. The molecule has 1 N–H and O–H groups in total. The van der Waals surface area contributed by atoms with Crippen molar-refractivity contribution in [1.29, 1.82) is 0 Å². The average Bonchev–Trinajstić information content (AvgIpc) is 2.66. The smallest absolute Gasteiger partial charge is 0.122 e. The van der Waals surface area contributed by atoms with Crippen LogP contribution in [0.1, 0.15) is 38.9 Å². The van der Waals surface area contributed by atoms with Gasteiger partial charge in [-0.1, -0.05) is 20.3 Å². The molecule has 0 spiro atoms. The van der Waals surface area contributed by atoms with E-state index in [1.54, 1.807) is 0 Å². The minimum atomic E-state index is 0.667. The zero-order valence-electron chi connectivity index (χ0n) is 10.6. The predicted octanol–water partition coefficient (Wildman–Crippen LogP) is 2.33. The van der Waals surface area contributed by atoms with Gasteiger partial charge in [0.15, 0.2) is 0 Å². The fourth-order valence-corrected chi connectivity index (χ4v) is 2.61. The lowest BCUT2D eigenvalue weighted by molar-refractivity contribution is 0.226. The topological polar surface area (TPSA) is 29.9 Å². The Hall–Kier alpha value is -0.830. The minimum absolute atomic E-state index is 0.667. The van der Waals surface area contributed by atoms with Crippen LogP contribution in [0.15, 0.2) is 12.4 Å². The second-order valence-electron chi connectivity index (χ2n) is 5.34. The fourth-order valence-electron chi connectivity index (χ4n) is 2.61. The van der Waals surface area contributed by atoms with Gasteiger partial charge in [-0.05, 0) is 24.7 Å². The van der Waals surface area contributed by atoms with E-state index in [2.05, 4.69) is 35.8 Å². The van der Waals surface area contributed by atoms with E-state index in [9.17, 15) is 0 Å². The number of hydrogen-bond acceptors (Lipinski definition) is 2. The Morgan fingerprint density at radius 2 is 2.25 bits per heavy atom. The van der Waals surface area contributed by atoms with Gasteiger partial charge in [0.2, 0.25) is 0 Å². The Bertz CT molecular complexity index is 332. The molecule has 0 amide bonds. The third kappa shape index (κ3) is 2.64. The summed E-state index contributed by atoms with van der Waals surface area (Å²) in [5.74, 6) is 2.80. The van der Waals surface area contributed by atoms with Crippen LogP contribution in [0.4, 0.5) is 0 Å². The maximum Gasteiger partial charge on any atom is 0.122 e. The molecule has 90 valence electrons. The molecular formula is C13H23N3. The van der Waals surface area contributed by atoms with E-state index in [4.69, 9.17) is 0 Å². The van der Waals surface area contributed by atoms with Crippen LogP contribution in [-0.2, 0) is 13.6 Å². The van der Waals surface area contributed by atoms with Crippen LogP contribution >= 0.6 is 0 Å². The van der Waals surface area contributed by atoms with Crippen LogP contribution in [0.2, 0.25) is 0 Å². The molecule has 1 fully saturated rings. The Kier molecular flexibility index (Phi) is 3.64. The van der Waals surface area contributed by atoms with Crippen molar-refractivity contribution in [3.63, 3.8) is 0 Å². The van der Waals surface area contributed by atoms with Crippen molar-refractivity contribution in [2.45, 2.75) is 45.7 Å². The average molecular weight is 221 g/mol. The maximum absolute atomic E-state index is 4.34. The number of imidazole rings is 1.